The van der Waals surface area contributed by atoms with E-state index in [0.29, 0.717) is 157 Å². The molecule has 37 nitrogen and oxygen atoms in total. The molecule has 3 saturated heterocycles. The van der Waals surface area contributed by atoms with Crippen molar-refractivity contribution < 1.29 is 119 Å². The van der Waals surface area contributed by atoms with E-state index >= 15 is 0 Å². The van der Waals surface area contributed by atoms with Crippen LogP contribution in [-0.2, 0) is 86.0 Å². The lowest BCUT2D eigenvalue weighted by molar-refractivity contribution is -0.137. The number of hydrogen-bond acceptors (Lipinski definition) is 29. The Hall–Kier alpha value is -9.52. The van der Waals surface area contributed by atoms with E-state index in [9.17, 15) is 80.6 Å². The van der Waals surface area contributed by atoms with Crippen LogP contribution in [0, 0.1) is 0 Å². The van der Waals surface area contributed by atoms with Crippen molar-refractivity contribution in [2.24, 2.45) is 11.5 Å². The predicted molar refractivity (Wildman–Crippen MR) is 449 cm³/mol. The van der Waals surface area contributed by atoms with Gasteiger partial charge in [-0.1, -0.05) is 43.8 Å². The first-order chi connectivity index (χ1) is 56.1. The van der Waals surface area contributed by atoms with Gasteiger partial charge in [0.05, 0.1) is 86.2 Å². The summed E-state index contributed by atoms with van der Waals surface area (Å²) in [5.41, 5.74) is 13.7. The quantitative estimate of drug-likeness (QED) is 0.0129. The average Bonchev–Trinajstić information content (AvgIpc) is 1.62. The van der Waals surface area contributed by atoms with Crippen LogP contribution in [0.1, 0.15) is 206 Å². The SMILES string of the molecule is C.CC(C)(C)OC(=O)NCCOCC=O.CC(C)(C)OC(=O)NCCOCCNCCCc1cccc2c1C(=O)N(C1CCC(=O)NC1=O)C2=O.CC(C)(C)OC(=O)NCCOCCO.Cl.Cl.FS.NCCCc1cccc2c1C(=O)N(C1CCC(=O)NC1=O)C2=O.NCCOCCNCCCc1cccc2c1C(=O)N(C1CCC(=O)NC1=O)C2=O. The lowest BCUT2D eigenvalue weighted by atomic mass is 9.99. The molecule has 6 aliphatic heterocycles. The topological polar surface area (TPSA) is 516 Å². The standard InChI is InChI=1S/C25H34N4O7.C20H26N4O5.C16H17N3O4.C9H19NO4.C9H17NO4.CH4.2ClH.FHS/c1-25(2,3)36-24(34)27-13-15-35-14-12-26-11-5-7-16-6-4-8-17-20(16)23(33)29(22(17)32)18-9-10-19(30)28-21(18)31;21-8-11-29-12-10-22-9-2-4-13-3-1-5-14-17(13)20(28)24(19(14)27)15-6-7-16(25)23-18(15)26;17-8-2-4-9-3-1-5-10-13(9)16(23)19(15(10)22)11-6-7-12(20)18-14(11)21;2*1-9(2,3)14-8(12)10-4-6-13-7-5-11;;;;1-2/h4,6,8,18,26H,5,7,9-15H2,1-3H3,(H,27,34)(H,28,30,31);1,3,5,15,22H,2,4,6-12,21H2,(H,23,25,26);1,3,5,11H,2,4,6-8,17H2,(H,18,20,21);11H,4-7H2,1-3H3,(H,10,12);5H,4,6-7H2,1-3H3,(H,10,12);1H4;2*1H;2H. The predicted octanol–water partition coefficient (Wildman–Crippen LogP) is 4.24. The molecule has 0 aliphatic carbocycles. The van der Waals surface area contributed by atoms with Crippen molar-refractivity contribution in [3.63, 3.8) is 0 Å². The lowest BCUT2D eigenvalue weighted by Gasteiger charge is -2.27. The number of aliphatic hydroxyl groups is 1. The summed E-state index contributed by atoms with van der Waals surface area (Å²) < 4.78 is 44.8. The van der Waals surface area contributed by atoms with E-state index in [-0.39, 0.29) is 102 Å². The van der Waals surface area contributed by atoms with Crippen LogP contribution < -0.4 is 54.0 Å². The van der Waals surface area contributed by atoms with Gasteiger partial charge in [-0.15, -0.1) is 24.8 Å². The summed E-state index contributed by atoms with van der Waals surface area (Å²) >= 11 is 2.03. The molecule has 13 N–H and O–H groups in total. The summed E-state index contributed by atoms with van der Waals surface area (Å²) in [6.07, 6.45) is 4.04. The first kappa shape index (κ1) is 109. The van der Waals surface area contributed by atoms with Crippen LogP contribution in [0.15, 0.2) is 54.6 Å². The van der Waals surface area contributed by atoms with E-state index < -0.39 is 112 Å². The summed E-state index contributed by atoms with van der Waals surface area (Å²) in [4.78, 5) is 194. The molecule has 3 atom stereocenters. The van der Waals surface area contributed by atoms with Crippen molar-refractivity contribution in [1.29, 1.82) is 0 Å². The number of halogens is 3. The molecule has 6 aliphatic rings. The number of piperidine rings is 3. The molecule has 0 aromatic heterocycles. The van der Waals surface area contributed by atoms with Gasteiger partial charge in [-0.3, -0.25) is 88.2 Å². The minimum Gasteiger partial charge on any atom is -0.444 e. The number of imide groups is 6. The Kier molecular flexibility index (Phi) is 50.9. The molecule has 0 bridgehead atoms. The highest BCUT2D eigenvalue weighted by atomic mass is 35.5. The number of carbonyl (C=O) groups is 16. The molecule has 3 fully saturated rings. The number of fused-ring (bicyclic) bond motifs is 3. The van der Waals surface area contributed by atoms with Gasteiger partial charge in [0.15, 0.2) is 0 Å². The van der Waals surface area contributed by atoms with Crippen molar-refractivity contribution >= 4 is 133 Å². The fourth-order valence-electron chi connectivity index (χ4n) is 12.2. The molecule has 9 rings (SSSR count). The summed E-state index contributed by atoms with van der Waals surface area (Å²) in [7, 11) is 0. The van der Waals surface area contributed by atoms with Crippen LogP contribution in [0.5, 0.6) is 0 Å². The summed E-state index contributed by atoms with van der Waals surface area (Å²) in [5, 5.41) is 29.2. The van der Waals surface area contributed by atoms with Crippen molar-refractivity contribution in [1.82, 2.24) is 57.2 Å². The molecular formula is C80H120Cl2FN13O24S. The second-order valence-corrected chi connectivity index (χ2v) is 29.8. The third-order valence-corrected chi connectivity index (χ3v) is 17.2. The fraction of sp³-hybridized carbons (Fsp3) is 0.575. The van der Waals surface area contributed by atoms with E-state index in [1.54, 1.807) is 105 Å². The number of benzene rings is 3. The van der Waals surface area contributed by atoms with Crippen molar-refractivity contribution in [2.75, 3.05) is 118 Å². The average molecular weight is 1770 g/mol. The molecule has 3 aromatic rings. The number of nitrogens with zero attached hydrogens (tertiary/aromatic N) is 3. The maximum Gasteiger partial charge on any atom is 0.407 e. The van der Waals surface area contributed by atoms with Crippen LogP contribution in [-0.4, -0.2) is 269 Å². The smallest absolute Gasteiger partial charge is 0.407 e. The molecule has 0 radical (unpaired) electrons. The minimum atomic E-state index is -0.969. The molecule has 6 heterocycles. The van der Waals surface area contributed by atoms with Gasteiger partial charge in [-0.25, -0.2) is 14.4 Å². The number of aldehydes is 1. The van der Waals surface area contributed by atoms with Crippen LogP contribution >= 0.6 is 37.8 Å². The second-order valence-electron chi connectivity index (χ2n) is 29.8. The zero-order chi connectivity index (χ0) is 87.7. The number of ether oxygens (including phenoxy) is 7. The molecule has 0 saturated carbocycles. The zero-order valence-electron chi connectivity index (χ0n) is 69.2. The molecular weight excluding hydrogens is 1650 g/mol. The molecule has 3 aromatic carbocycles. The Morgan fingerprint density at radius 3 is 1.03 bits per heavy atom. The maximum atomic E-state index is 13.1. The Morgan fingerprint density at radius 2 is 0.744 bits per heavy atom. The van der Waals surface area contributed by atoms with Gasteiger partial charge in [-0.2, -0.15) is 3.89 Å². The van der Waals surface area contributed by atoms with E-state index in [1.165, 1.54) is 0 Å². The van der Waals surface area contributed by atoms with Gasteiger partial charge in [0.2, 0.25) is 35.4 Å². The minimum absolute atomic E-state index is 0. The number of thiol groups is 1. The van der Waals surface area contributed by atoms with Gasteiger partial charge in [0.1, 0.15) is 47.8 Å². The van der Waals surface area contributed by atoms with Gasteiger partial charge in [-0.05, 0) is 175 Å². The van der Waals surface area contributed by atoms with Crippen LogP contribution in [0.2, 0.25) is 0 Å². The van der Waals surface area contributed by atoms with Gasteiger partial charge < -0.3 is 81.1 Å². The Balaban J connectivity index is 0.000000781. The summed E-state index contributed by atoms with van der Waals surface area (Å²) in [6.45, 7) is 24.0. The van der Waals surface area contributed by atoms with Crippen LogP contribution in [0.4, 0.5) is 18.3 Å². The van der Waals surface area contributed by atoms with E-state index in [0.717, 1.165) is 50.8 Å². The third kappa shape index (κ3) is 37.0. The van der Waals surface area contributed by atoms with E-state index in [2.05, 4.69) is 42.5 Å². The monoisotopic (exact) mass is 1770 g/mol. The highest BCUT2D eigenvalue weighted by Gasteiger charge is 2.48. The molecule has 121 heavy (non-hydrogen) atoms. The fourth-order valence-corrected chi connectivity index (χ4v) is 12.2. The van der Waals surface area contributed by atoms with Crippen molar-refractivity contribution in [3.05, 3.63) is 105 Å². The van der Waals surface area contributed by atoms with Crippen molar-refractivity contribution in [3.8, 4) is 0 Å². The van der Waals surface area contributed by atoms with Gasteiger partial charge >= 0.3 is 18.3 Å². The number of rotatable bonds is 35. The van der Waals surface area contributed by atoms with Crippen LogP contribution in [0.3, 0.4) is 0 Å². The van der Waals surface area contributed by atoms with E-state index in [4.69, 9.17) is 49.7 Å². The number of alkyl carbamates (subject to hydrolysis) is 3. The number of aryl methyl sites for hydroxylation is 3. The molecule has 676 valence electrons. The van der Waals surface area contributed by atoms with Crippen molar-refractivity contribution in [2.45, 2.75) is 182 Å². The number of nitrogens with one attached hydrogen (secondary N) is 8. The molecule has 3 unspecified atom stereocenters. The number of amides is 15. The van der Waals surface area contributed by atoms with E-state index in [1.807, 2.05) is 25.1 Å². The maximum absolute atomic E-state index is 13.1. The number of hydrogen-bond donors (Lipinski definition) is 12. The highest BCUT2D eigenvalue weighted by Crippen LogP contribution is 2.34. The highest BCUT2D eigenvalue weighted by molar-refractivity contribution is 7.74. The Morgan fingerprint density at radius 1 is 0.446 bits per heavy atom. The normalized spacial score (nSPS) is 16.3. The first-order valence-corrected chi connectivity index (χ1v) is 39.2. The number of nitrogens with two attached hydrogens (primary N) is 2. The molecule has 41 heteroatoms. The number of aliphatic hydroxyl groups excluding tert-OH is 1. The Labute approximate surface area is 722 Å². The van der Waals surface area contributed by atoms with Gasteiger partial charge in [0.25, 0.3) is 35.4 Å². The van der Waals surface area contributed by atoms with Crippen LogP contribution in [0.25, 0.3) is 0 Å². The second kappa shape index (κ2) is 56.2. The molecule has 0 spiro atoms. The first-order valence-electron chi connectivity index (χ1n) is 38.8. The summed E-state index contributed by atoms with van der Waals surface area (Å²) in [5.74, 6) is -5.84. The summed E-state index contributed by atoms with van der Waals surface area (Å²) in [6, 6.07) is 12.6. The largest absolute Gasteiger partial charge is 0.444 e. The molecule has 15 amide bonds. The number of carbonyl (C=O) groups excluding carboxylic acids is 16. The zero-order valence-corrected chi connectivity index (χ0v) is 71.7. The third-order valence-electron chi connectivity index (χ3n) is 17.2. The van der Waals surface area contributed by atoms with Gasteiger partial charge in [0, 0.05) is 71.5 Å². The Bertz CT molecular complexity index is 3980. The lowest BCUT2D eigenvalue weighted by Crippen LogP contribution is -2.54.